The topological polar surface area (TPSA) is 209 Å². The van der Waals surface area contributed by atoms with Gasteiger partial charge in [-0.1, -0.05) is 66.2 Å². The van der Waals surface area contributed by atoms with Crippen LogP contribution in [0.1, 0.15) is 105 Å². The van der Waals surface area contributed by atoms with Crippen molar-refractivity contribution in [2.24, 2.45) is 23.5 Å². The van der Waals surface area contributed by atoms with E-state index in [0.29, 0.717) is 32.1 Å². The molecule has 0 aromatic rings. The number of nitrogens with two attached hydrogens (primary N) is 1. The van der Waals surface area contributed by atoms with E-state index in [1.807, 2.05) is 13.8 Å². The normalized spacial score (nSPS) is 28.7. The average Bonchev–Trinajstić information content (AvgIpc) is 3.05. The molecule has 1 unspecified atom stereocenters. The van der Waals surface area contributed by atoms with Crippen molar-refractivity contribution in [1.82, 2.24) is 26.2 Å². The van der Waals surface area contributed by atoms with E-state index in [-0.39, 0.29) is 18.4 Å². The zero-order chi connectivity index (χ0) is 36.0. The minimum atomic E-state index is -1.47. The summed E-state index contributed by atoms with van der Waals surface area (Å²) in [5, 5.41) is 20.7. The Morgan fingerprint density at radius 3 is 2.15 bits per heavy atom. The van der Waals surface area contributed by atoms with Gasteiger partial charge in [0.05, 0.1) is 12.0 Å². The third kappa shape index (κ3) is 12.3. The Morgan fingerprint density at radius 1 is 0.896 bits per heavy atom. The van der Waals surface area contributed by atoms with Crippen LogP contribution in [0.3, 0.4) is 0 Å². The molecule has 1 aliphatic heterocycles. The summed E-state index contributed by atoms with van der Waals surface area (Å²) in [5.74, 6) is -4.94. The molecule has 0 radical (unpaired) electrons. The number of aliphatic hydroxyl groups excluding tert-OH is 1. The van der Waals surface area contributed by atoms with Crippen molar-refractivity contribution in [3.05, 3.63) is 0 Å². The minimum Gasteiger partial charge on any atom is -0.460 e. The van der Waals surface area contributed by atoms with Gasteiger partial charge in [0.15, 0.2) is 0 Å². The predicted octanol–water partition coefficient (Wildman–Crippen LogP) is 0.882. The highest BCUT2D eigenvalue weighted by atomic mass is 16.5. The molecule has 0 spiro atoms. The summed E-state index contributed by atoms with van der Waals surface area (Å²) >= 11 is 0. The van der Waals surface area contributed by atoms with Gasteiger partial charge >= 0.3 is 5.97 Å². The molecular formula is C34H60N6O8. The summed E-state index contributed by atoms with van der Waals surface area (Å²) in [6.45, 7) is 8.01. The van der Waals surface area contributed by atoms with Crippen LogP contribution >= 0.6 is 0 Å². The molecule has 1 saturated carbocycles. The second-order valence-electron chi connectivity index (χ2n) is 13.9. The lowest BCUT2D eigenvalue weighted by Gasteiger charge is -2.36. The molecule has 274 valence electrons. The van der Waals surface area contributed by atoms with Gasteiger partial charge in [-0.15, -0.1) is 0 Å². The molecular weight excluding hydrogens is 620 g/mol. The number of amides is 5. The van der Waals surface area contributed by atoms with Crippen LogP contribution in [-0.2, 0) is 33.5 Å². The summed E-state index contributed by atoms with van der Waals surface area (Å²) in [6.07, 6.45) is 6.21. The second kappa shape index (κ2) is 20.3. The highest BCUT2D eigenvalue weighted by Crippen LogP contribution is 2.28. The first-order chi connectivity index (χ1) is 22.7. The number of nitrogens with one attached hydrogen (secondary N) is 4. The molecule has 1 aliphatic carbocycles. The number of cyclic esters (lactones) is 1. The quantitative estimate of drug-likeness (QED) is 0.143. The molecule has 7 N–H and O–H groups in total. The average molecular weight is 681 g/mol. The number of likely N-dealkylation sites (N-methyl/N-ethyl adjacent to an activating group) is 1. The number of rotatable bonds is 10. The van der Waals surface area contributed by atoms with Gasteiger partial charge in [0.25, 0.3) is 0 Å². The number of hydrogen-bond acceptors (Lipinski definition) is 9. The smallest absolute Gasteiger partial charge is 0.325 e. The monoisotopic (exact) mass is 680 g/mol. The van der Waals surface area contributed by atoms with Gasteiger partial charge in [0.1, 0.15) is 36.8 Å². The zero-order valence-electron chi connectivity index (χ0n) is 29.7. The van der Waals surface area contributed by atoms with Gasteiger partial charge in [-0.3, -0.25) is 28.8 Å². The molecule has 0 bridgehead atoms. The van der Waals surface area contributed by atoms with E-state index in [9.17, 15) is 33.9 Å². The van der Waals surface area contributed by atoms with E-state index in [1.54, 1.807) is 14.0 Å². The molecule has 48 heavy (non-hydrogen) atoms. The molecule has 14 heteroatoms. The van der Waals surface area contributed by atoms with Gasteiger partial charge < -0.3 is 41.7 Å². The van der Waals surface area contributed by atoms with Crippen molar-refractivity contribution in [3.63, 3.8) is 0 Å². The number of aliphatic hydroxyl groups is 1. The van der Waals surface area contributed by atoms with E-state index in [0.717, 1.165) is 38.5 Å². The predicted molar refractivity (Wildman–Crippen MR) is 180 cm³/mol. The zero-order valence-corrected chi connectivity index (χ0v) is 29.7. The fraction of sp³-hybridized carbons (Fsp3) is 0.824. The van der Waals surface area contributed by atoms with Crippen molar-refractivity contribution in [1.29, 1.82) is 0 Å². The summed E-state index contributed by atoms with van der Waals surface area (Å²) in [4.78, 5) is 82.5. The lowest BCUT2D eigenvalue weighted by atomic mass is 9.83. The van der Waals surface area contributed by atoms with Crippen LogP contribution in [0.15, 0.2) is 0 Å². The molecule has 0 aromatic heterocycles. The maximum atomic E-state index is 14.0. The summed E-state index contributed by atoms with van der Waals surface area (Å²) in [7, 11) is 1.55. The third-order valence-corrected chi connectivity index (χ3v) is 9.42. The van der Waals surface area contributed by atoms with E-state index in [2.05, 4.69) is 28.2 Å². The number of esters is 1. The SMILES string of the molecule is CCCCCC[C@H]1OC(=O)CNC(=O)[C@H](C(C)O)NC(=O)[C@H](CN)NC(=O)[C@H](C2CCCCC2)NC(=O)[C@H](CC(C)C)N(C)C(=O)[C@@H]1C. The molecule has 5 amide bonds. The number of carbonyl (C=O) groups is 6. The highest BCUT2D eigenvalue weighted by molar-refractivity contribution is 5.96. The standard InChI is InChI=1S/C34H60N6O8/c1-7-8-9-13-16-26-21(4)34(47)40(6)25(17-20(2)3)31(44)39-29(23-14-11-10-12-15-23)33(46)37-24(18-35)30(43)38-28(22(5)41)32(45)36-19-27(42)48-26/h20-26,28-29,41H,7-19,35H2,1-6H3,(H,36,45)(H,37,46)(H,38,43)(H,39,44)/t21-,22?,24+,25+,26-,28+,29+/m1/s1. The Kier molecular flexibility index (Phi) is 17.3. The van der Waals surface area contributed by atoms with Crippen LogP contribution in [0.5, 0.6) is 0 Å². The van der Waals surface area contributed by atoms with Crippen LogP contribution in [0.2, 0.25) is 0 Å². The van der Waals surface area contributed by atoms with E-state index < -0.39 is 84.3 Å². The molecule has 2 rings (SSSR count). The summed E-state index contributed by atoms with van der Waals surface area (Å²) in [5.41, 5.74) is 5.88. The van der Waals surface area contributed by atoms with E-state index in [1.165, 1.54) is 11.8 Å². The number of unbranched alkanes of at least 4 members (excludes halogenated alkanes) is 3. The Bertz CT molecular complexity index is 1100. The number of hydrogen-bond donors (Lipinski definition) is 6. The van der Waals surface area contributed by atoms with E-state index in [4.69, 9.17) is 10.5 Å². The van der Waals surface area contributed by atoms with Crippen molar-refractivity contribution in [3.8, 4) is 0 Å². The minimum absolute atomic E-state index is 0.0216. The van der Waals surface area contributed by atoms with Crippen LogP contribution in [0.4, 0.5) is 0 Å². The Hall–Kier alpha value is -3.26. The molecule has 14 nitrogen and oxygen atoms in total. The Labute approximate surface area is 285 Å². The van der Waals surface area contributed by atoms with E-state index >= 15 is 0 Å². The van der Waals surface area contributed by atoms with Gasteiger partial charge in [0.2, 0.25) is 29.5 Å². The molecule has 7 atom stereocenters. The maximum Gasteiger partial charge on any atom is 0.325 e. The Balaban J connectivity index is 2.56. The largest absolute Gasteiger partial charge is 0.460 e. The van der Waals surface area contributed by atoms with Crippen molar-refractivity contribution in [2.75, 3.05) is 20.1 Å². The van der Waals surface area contributed by atoms with Crippen molar-refractivity contribution in [2.45, 2.75) is 142 Å². The Morgan fingerprint density at radius 2 is 1.56 bits per heavy atom. The number of carbonyl (C=O) groups excluding carboxylic acids is 6. The first-order valence-electron chi connectivity index (χ1n) is 17.7. The molecule has 0 aromatic carbocycles. The third-order valence-electron chi connectivity index (χ3n) is 9.42. The lowest BCUT2D eigenvalue weighted by Crippen LogP contribution is -2.62. The molecule has 2 aliphatic rings. The number of ether oxygens (including phenoxy) is 1. The second-order valence-corrected chi connectivity index (χ2v) is 13.9. The molecule has 1 heterocycles. The molecule has 2 fully saturated rings. The first kappa shape index (κ1) is 40.9. The van der Waals surface area contributed by atoms with Crippen LogP contribution in [0.25, 0.3) is 0 Å². The molecule has 1 saturated heterocycles. The lowest BCUT2D eigenvalue weighted by molar-refractivity contribution is -0.157. The van der Waals surface area contributed by atoms with Crippen LogP contribution in [0, 0.1) is 17.8 Å². The summed E-state index contributed by atoms with van der Waals surface area (Å²) < 4.78 is 5.76. The fourth-order valence-electron chi connectivity index (χ4n) is 6.45. The maximum absolute atomic E-state index is 14.0. The van der Waals surface area contributed by atoms with Gasteiger partial charge in [-0.2, -0.15) is 0 Å². The number of nitrogens with zero attached hydrogens (tertiary/aromatic N) is 1. The first-order valence-corrected chi connectivity index (χ1v) is 17.7. The van der Waals surface area contributed by atoms with Crippen LogP contribution in [-0.4, -0.2) is 102 Å². The van der Waals surface area contributed by atoms with Gasteiger partial charge in [-0.25, -0.2) is 0 Å². The van der Waals surface area contributed by atoms with Crippen molar-refractivity contribution >= 4 is 35.5 Å². The highest BCUT2D eigenvalue weighted by Gasteiger charge is 2.39. The van der Waals surface area contributed by atoms with Gasteiger partial charge in [0, 0.05) is 13.6 Å². The fourth-order valence-corrected chi connectivity index (χ4v) is 6.45. The van der Waals surface area contributed by atoms with Gasteiger partial charge in [-0.05, 0) is 50.9 Å². The van der Waals surface area contributed by atoms with Crippen LogP contribution < -0.4 is 27.0 Å². The summed E-state index contributed by atoms with van der Waals surface area (Å²) in [6, 6.07) is -4.67. The van der Waals surface area contributed by atoms with Crippen molar-refractivity contribution < 1.29 is 38.6 Å².